The van der Waals surface area contributed by atoms with Crippen LogP contribution >= 0.6 is 11.3 Å². The molecule has 0 N–H and O–H groups in total. The van der Waals surface area contributed by atoms with Crippen LogP contribution in [0, 0.1) is 12.8 Å². The fraction of sp³-hybridized carbons (Fsp3) is 0.520. The monoisotopic (exact) mass is 426 g/mol. The summed E-state index contributed by atoms with van der Waals surface area (Å²) in [5.41, 5.74) is 3.57. The smallest absolute Gasteiger partial charge is 0.243 e. The van der Waals surface area contributed by atoms with E-state index in [-0.39, 0.29) is 36.4 Å². The average molecular weight is 427 g/mol. The van der Waals surface area contributed by atoms with Gasteiger partial charge in [0.05, 0.1) is 6.04 Å². The summed E-state index contributed by atoms with van der Waals surface area (Å²) < 4.78 is 0. The molecule has 0 unspecified atom stereocenters. The van der Waals surface area contributed by atoms with Gasteiger partial charge in [0.1, 0.15) is 6.54 Å². The fourth-order valence-corrected chi connectivity index (χ4v) is 5.01. The molecule has 162 valence electrons. The van der Waals surface area contributed by atoms with Gasteiger partial charge >= 0.3 is 0 Å². The molecular weight excluding hydrogens is 392 g/mol. The lowest BCUT2D eigenvalue weighted by molar-refractivity contribution is -0.144. The third-order valence-corrected chi connectivity index (χ3v) is 7.01. The normalized spacial score (nSPS) is 17.0. The first-order valence-corrected chi connectivity index (χ1v) is 11.9. The lowest BCUT2D eigenvalue weighted by Crippen LogP contribution is -2.49. The minimum atomic E-state index is -0.0768. The Bertz CT molecular complexity index is 872. The molecule has 0 radical (unpaired) electrons. The number of nitrogens with zero attached hydrogens (tertiary/aromatic N) is 2. The van der Waals surface area contributed by atoms with Crippen LogP contribution < -0.4 is 0 Å². The molecule has 0 fully saturated rings. The highest BCUT2D eigenvalue weighted by molar-refractivity contribution is 7.10. The Balaban J connectivity index is 1.88. The quantitative estimate of drug-likeness (QED) is 0.610. The van der Waals surface area contributed by atoms with Crippen LogP contribution in [0.5, 0.6) is 0 Å². The van der Waals surface area contributed by atoms with Gasteiger partial charge in [0.25, 0.3) is 0 Å². The zero-order valence-electron chi connectivity index (χ0n) is 18.9. The van der Waals surface area contributed by atoms with Gasteiger partial charge in [0.15, 0.2) is 0 Å². The second kappa shape index (κ2) is 9.78. The van der Waals surface area contributed by atoms with E-state index in [0.717, 1.165) is 18.4 Å². The van der Waals surface area contributed by atoms with Crippen LogP contribution in [-0.2, 0) is 16.0 Å². The molecule has 5 heteroatoms. The molecule has 30 heavy (non-hydrogen) atoms. The van der Waals surface area contributed by atoms with Crippen LogP contribution in [0.15, 0.2) is 35.7 Å². The van der Waals surface area contributed by atoms with E-state index in [1.807, 2.05) is 25.7 Å². The molecular formula is C25H34N2O2S. The Morgan fingerprint density at radius 2 is 1.87 bits per heavy atom. The lowest BCUT2D eigenvalue weighted by Gasteiger charge is -2.38. The minimum Gasteiger partial charge on any atom is -0.331 e. The zero-order valence-corrected chi connectivity index (χ0v) is 19.7. The van der Waals surface area contributed by atoms with Gasteiger partial charge in [-0.25, -0.2) is 0 Å². The third kappa shape index (κ3) is 4.94. The van der Waals surface area contributed by atoms with Crippen LogP contribution in [0.3, 0.4) is 0 Å². The van der Waals surface area contributed by atoms with Crippen molar-refractivity contribution in [2.24, 2.45) is 5.92 Å². The first kappa shape index (κ1) is 22.5. The first-order valence-electron chi connectivity index (χ1n) is 11.0. The van der Waals surface area contributed by atoms with E-state index < -0.39 is 0 Å². The molecule has 1 aliphatic rings. The van der Waals surface area contributed by atoms with Gasteiger partial charge in [0.2, 0.25) is 11.8 Å². The predicted octanol–water partition coefficient (Wildman–Crippen LogP) is 5.20. The number of hydrogen-bond acceptors (Lipinski definition) is 3. The maximum atomic E-state index is 13.5. The summed E-state index contributed by atoms with van der Waals surface area (Å²) in [5.74, 6) is 0.394. The number of aryl methyl sites for hydroxylation is 1. The molecule has 1 aromatic heterocycles. The van der Waals surface area contributed by atoms with Gasteiger partial charge in [-0.05, 0) is 55.2 Å². The van der Waals surface area contributed by atoms with Gasteiger partial charge in [0, 0.05) is 23.9 Å². The van der Waals surface area contributed by atoms with Crippen molar-refractivity contribution >= 4 is 23.2 Å². The van der Waals surface area contributed by atoms with E-state index >= 15 is 0 Å². The van der Waals surface area contributed by atoms with Crippen molar-refractivity contribution < 1.29 is 9.59 Å². The van der Waals surface area contributed by atoms with Crippen LogP contribution in [0.1, 0.15) is 68.1 Å². The van der Waals surface area contributed by atoms with Gasteiger partial charge < -0.3 is 9.80 Å². The number of hydrogen-bond donors (Lipinski definition) is 0. The SMILES string of the molecule is CC[C@H](C)N(CC(=O)N1CCc2sccc2[C@H]1c1ccc(C)cc1)C(=O)CC(C)C. The second-order valence-electron chi connectivity index (χ2n) is 8.83. The second-order valence-corrected chi connectivity index (χ2v) is 9.83. The highest BCUT2D eigenvalue weighted by Gasteiger charge is 2.34. The number of thiophene rings is 1. The van der Waals surface area contributed by atoms with Gasteiger partial charge in [-0.1, -0.05) is 50.6 Å². The number of amides is 2. The molecule has 1 aromatic carbocycles. The minimum absolute atomic E-state index is 0.0369. The van der Waals surface area contributed by atoms with E-state index in [1.165, 1.54) is 16.0 Å². The number of fused-ring (bicyclic) bond motifs is 1. The van der Waals surface area contributed by atoms with Crippen molar-refractivity contribution in [1.29, 1.82) is 0 Å². The summed E-state index contributed by atoms with van der Waals surface area (Å²) in [6.45, 7) is 11.1. The number of rotatable bonds is 7. The summed E-state index contributed by atoms with van der Waals surface area (Å²) in [7, 11) is 0. The first-order chi connectivity index (χ1) is 14.3. The topological polar surface area (TPSA) is 40.6 Å². The Labute approximate surface area is 184 Å². The number of benzene rings is 1. The van der Waals surface area contributed by atoms with Crippen molar-refractivity contribution in [3.63, 3.8) is 0 Å². The van der Waals surface area contributed by atoms with E-state index in [4.69, 9.17) is 0 Å². The molecule has 2 heterocycles. The lowest BCUT2D eigenvalue weighted by atomic mass is 9.92. The van der Waals surface area contributed by atoms with E-state index in [2.05, 4.69) is 49.6 Å². The Morgan fingerprint density at radius 1 is 1.17 bits per heavy atom. The van der Waals surface area contributed by atoms with Gasteiger partial charge in [-0.15, -0.1) is 11.3 Å². The van der Waals surface area contributed by atoms with Crippen molar-refractivity contribution in [3.05, 3.63) is 57.3 Å². The van der Waals surface area contributed by atoms with Crippen LogP contribution in [-0.4, -0.2) is 40.7 Å². The molecule has 2 amide bonds. The molecule has 0 bridgehead atoms. The summed E-state index contributed by atoms with van der Waals surface area (Å²) in [4.78, 5) is 31.5. The van der Waals surface area contributed by atoms with Crippen molar-refractivity contribution in [2.45, 2.75) is 66.0 Å². The Hall–Kier alpha value is -2.14. The Kier molecular flexibility index (Phi) is 7.35. The van der Waals surface area contributed by atoms with E-state index in [1.54, 1.807) is 16.2 Å². The van der Waals surface area contributed by atoms with Crippen LogP contribution in [0.4, 0.5) is 0 Å². The van der Waals surface area contributed by atoms with Gasteiger partial charge in [-0.3, -0.25) is 9.59 Å². The molecule has 4 nitrogen and oxygen atoms in total. The van der Waals surface area contributed by atoms with Crippen molar-refractivity contribution in [1.82, 2.24) is 9.80 Å². The average Bonchev–Trinajstić information content (AvgIpc) is 3.19. The number of carbonyl (C=O) groups is 2. The maximum absolute atomic E-state index is 13.5. The van der Waals surface area contributed by atoms with Gasteiger partial charge in [-0.2, -0.15) is 0 Å². The third-order valence-electron chi connectivity index (χ3n) is 6.01. The maximum Gasteiger partial charge on any atom is 0.243 e. The van der Waals surface area contributed by atoms with Crippen molar-refractivity contribution in [2.75, 3.05) is 13.1 Å². The van der Waals surface area contributed by atoms with Crippen LogP contribution in [0.25, 0.3) is 0 Å². The van der Waals surface area contributed by atoms with E-state index in [0.29, 0.717) is 13.0 Å². The van der Waals surface area contributed by atoms with E-state index in [9.17, 15) is 9.59 Å². The summed E-state index contributed by atoms with van der Waals surface area (Å²) in [6, 6.07) is 10.6. The molecule has 1 aliphatic heterocycles. The predicted molar refractivity (Wildman–Crippen MR) is 124 cm³/mol. The molecule has 3 rings (SSSR count). The highest BCUT2D eigenvalue weighted by atomic mass is 32.1. The summed E-state index contributed by atoms with van der Waals surface area (Å²) in [6.07, 6.45) is 2.20. The fourth-order valence-electron chi connectivity index (χ4n) is 4.11. The molecule has 0 spiro atoms. The summed E-state index contributed by atoms with van der Waals surface area (Å²) >= 11 is 1.77. The zero-order chi connectivity index (χ0) is 21.8. The van der Waals surface area contributed by atoms with Crippen molar-refractivity contribution in [3.8, 4) is 0 Å². The summed E-state index contributed by atoms with van der Waals surface area (Å²) in [5, 5.41) is 2.12. The highest BCUT2D eigenvalue weighted by Crippen LogP contribution is 2.38. The molecule has 2 atom stereocenters. The molecule has 0 aliphatic carbocycles. The Morgan fingerprint density at radius 3 is 2.50 bits per heavy atom. The van der Waals surface area contributed by atoms with Crippen LogP contribution in [0.2, 0.25) is 0 Å². The molecule has 0 saturated heterocycles. The number of carbonyl (C=O) groups excluding carboxylic acids is 2. The molecule has 2 aromatic rings. The largest absolute Gasteiger partial charge is 0.331 e. The standard InChI is InChI=1S/C25H34N2O2S/c1-6-19(5)27(23(28)15-17(2)3)16-24(29)26-13-11-22-21(12-14-30-22)25(26)20-9-7-18(4)8-10-20/h7-10,12,14,17,19,25H,6,11,13,15-16H2,1-5H3/t19-,25+/m0/s1. The molecule has 0 saturated carbocycles.